The van der Waals surface area contributed by atoms with Crippen molar-refractivity contribution < 1.29 is 14.4 Å². The molecule has 0 saturated heterocycles. The SMILES string of the molecule is CC(N=C=O)C(C1CCCCC1)n1c(=O)n(C(C2CCCCC2)C(C)N=C=O)c(=O)n(C(C2CCCCC2)C(C)N=C=O)c1=O. The Balaban J connectivity index is 2.12. The Labute approximate surface area is 263 Å². The number of hydrogen-bond acceptors (Lipinski definition) is 9. The topological polar surface area (TPSA) is 154 Å². The summed E-state index contributed by atoms with van der Waals surface area (Å²) in [7, 11) is 0. The van der Waals surface area contributed by atoms with E-state index in [-0.39, 0.29) is 17.8 Å². The summed E-state index contributed by atoms with van der Waals surface area (Å²) >= 11 is 0. The number of isocyanates is 3. The molecule has 3 fully saturated rings. The average molecular weight is 625 g/mol. The molecular weight excluding hydrogens is 576 g/mol. The van der Waals surface area contributed by atoms with Crippen LogP contribution in [0.1, 0.15) is 135 Å². The van der Waals surface area contributed by atoms with Gasteiger partial charge in [-0.1, -0.05) is 57.8 Å². The Morgan fingerprint density at radius 2 is 0.689 bits per heavy atom. The van der Waals surface area contributed by atoms with Crippen LogP contribution in [0.4, 0.5) is 0 Å². The highest BCUT2D eigenvalue weighted by atomic mass is 16.2. The van der Waals surface area contributed by atoms with Crippen molar-refractivity contribution in [2.75, 3.05) is 0 Å². The Hall–Kier alpha value is -3.45. The lowest BCUT2D eigenvalue weighted by Crippen LogP contribution is -2.61. The predicted octanol–water partition coefficient (Wildman–Crippen LogP) is 4.71. The van der Waals surface area contributed by atoms with E-state index in [2.05, 4.69) is 15.0 Å². The Bertz CT molecular complexity index is 1270. The molecule has 3 saturated carbocycles. The summed E-state index contributed by atoms with van der Waals surface area (Å²) in [5, 5.41) is 0. The molecule has 246 valence electrons. The zero-order valence-electron chi connectivity index (χ0n) is 26.9. The first kappa shape index (κ1) is 34.4. The van der Waals surface area contributed by atoms with Crippen LogP contribution in [0.2, 0.25) is 0 Å². The Morgan fingerprint density at radius 3 is 0.889 bits per heavy atom. The quantitative estimate of drug-likeness (QED) is 0.242. The summed E-state index contributed by atoms with van der Waals surface area (Å²) in [6.45, 7) is 5.10. The van der Waals surface area contributed by atoms with Gasteiger partial charge in [-0.2, -0.15) is 0 Å². The molecule has 0 spiro atoms. The van der Waals surface area contributed by atoms with Gasteiger partial charge in [0.05, 0.1) is 36.3 Å². The minimum absolute atomic E-state index is 0.132. The second-order valence-electron chi connectivity index (χ2n) is 13.5. The Morgan fingerprint density at radius 1 is 0.467 bits per heavy atom. The third-order valence-electron chi connectivity index (χ3n) is 10.8. The van der Waals surface area contributed by atoms with E-state index < -0.39 is 53.3 Å². The number of rotatable bonds is 12. The normalized spacial score (nSPS) is 22.5. The monoisotopic (exact) mass is 624 g/mol. The fourth-order valence-corrected chi connectivity index (χ4v) is 8.73. The highest BCUT2D eigenvalue weighted by Crippen LogP contribution is 2.38. The first-order valence-electron chi connectivity index (χ1n) is 17.0. The zero-order chi connectivity index (χ0) is 32.5. The first-order chi connectivity index (χ1) is 21.8. The molecule has 4 rings (SSSR count). The van der Waals surface area contributed by atoms with Crippen molar-refractivity contribution >= 4 is 18.2 Å². The lowest BCUT2D eigenvalue weighted by molar-refractivity contribution is 0.157. The number of nitrogens with zero attached hydrogens (tertiary/aromatic N) is 6. The van der Waals surface area contributed by atoms with Crippen molar-refractivity contribution in [3.63, 3.8) is 0 Å². The van der Waals surface area contributed by atoms with Crippen LogP contribution in [0.5, 0.6) is 0 Å². The van der Waals surface area contributed by atoms with Gasteiger partial charge in [-0.3, -0.25) is 0 Å². The van der Waals surface area contributed by atoms with Crippen LogP contribution in [-0.2, 0) is 14.4 Å². The number of aromatic nitrogens is 3. The molecule has 0 bridgehead atoms. The maximum absolute atomic E-state index is 14.8. The first-order valence-corrected chi connectivity index (χ1v) is 17.0. The molecule has 12 heteroatoms. The van der Waals surface area contributed by atoms with E-state index in [1.807, 2.05) is 0 Å². The second kappa shape index (κ2) is 16.2. The van der Waals surface area contributed by atoms with Gasteiger partial charge >= 0.3 is 17.1 Å². The molecule has 1 aromatic heterocycles. The summed E-state index contributed by atoms with van der Waals surface area (Å²) in [6.07, 6.45) is 17.9. The predicted molar refractivity (Wildman–Crippen MR) is 169 cm³/mol. The third kappa shape index (κ3) is 7.51. The summed E-state index contributed by atoms with van der Waals surface area (Å²) in [5.41, 5.74) is -2.33. The molecule has 0 radical (unpaired) electrons. The van der Waals surface area contributed by atoms with Crippen LogP contribution in [0.25, 0.3) is 0 Å². The zero-order valence-corrected chi connectivity index (χ0v) is 26.9. The van der Waals surface area contributed by atoms with Crippen LogP contribution < -0.4 is 17.1 Å². The summed E-state index contributed by atoms with van der Waals surface area (Å²) in [6, 6.07) is -4.65. The van der Waals surface area contributed by atoms with E-state index in [9.17, 15) is 28.8 Å². The molecule has 12 nitrogen and oxygen atoms in total. The standard InChI is InChI=1S/C33H48N6O6/c1-22(34-19-40)28(25-13-7-4-8-14-25)37-31(43)38(29(23(2)35-20-41)26-15-9-5-10-16-26)33(45)39(32(37)44)30(24(3)36-21-42)27-17-11-6-12-18-27/h22-30H,4-18H2,1-3H3. The van der Waals surface area contributed by atoms with E-state index in [0.717, 1.165) is 110 Å². The van der Waals surface area contributed by atoms with E-state index in [4.69, 9.17) is 0 Å². The molecule has 0 aromatic carbocycles. The van der Waals surface area contributed by atoms with Crippen LogP contribution in [0.15, 0.2) is 29.4 Å². The smallest absolute Gasteiger partial charge is 0.247 e. The van der Waals surface area contributed by atoms with Gasteiger partial charge in [0, 0.05) is 0 Å². The van der Waals surface area contributed by atoms with Crippen molar-refractivity contribution in [2.24, 2.45) is 32.7 Å². The lowest BCUT2D eigenvalue weighted by Gasteiger charge is -2.38. The van der Waals surface area contributed by atoms with Gasteiger partial charge in [0.2, 0.25) is 18.2 Å². The third-order valence-corrected chi connectivity index (χ3v) is 10.8. The second-order valence-corrected chi connectivity index (χ2v) is 13.5. The van der Waals surface area contributed by atoms with Crippen molar-refractivity contribution in [3.8, 4) is 0 Å². The fourth-order valence-electron chi connectivity index (χ4n) is 8.73. The van der Waals surface area contributed by atoms with E-state index in [1.54, 1.807) is 39.0 Å². The van der Waals surface area contributed by atoms with Gasteiger partial charge in [0.1, 0.15) is 0 Å². The molecule has 1 aromatic rings. The molecule has 3 aliphatic carbocycles. The van der Waals surface area contributed by atoms with Gasteiger partial charge in [-0.25, -0.2) is 57.4 Å². The minimum atomic E-state index is -0.793. The van der Waals surface area contributed by atoms with E-state index >= 15 is 0 Å². The van der Waals surface area contributed by atoms with Crippen LogP contribution >= 0.6 is 0 Å². The number of carbonyl (C=O) groups excluding carboxylic acids is 3. The highest BCUT2D eigenvalue weighted by molar-refractivity contribution is 5.34. The number of hydrogen-bond donors (Lipinski definition) is 0. The van der Waals surface area contributed by atoms with Gasteiger partial charge in [0.25, 0.3) is 0 Å². The van der Waals surface area contributed by atoms with Gasteiger partial charge in [-0.05, 0) is 77.0 Å². The maximum atomic E-state index is 14.8. The van der Waals surface area contributed by atoms with Gasteiger partial charge in [-0.15, -0.1) is 0 Å². The fraction of sp³-hybridized carbons (Fsp3) is 0.818. The van der Waals surface area contributed by atoms with Crippen molar-refractivity contribution in [1.29, 1.82) is 0 Å². The van der Waals surface area contributed by atoms with Gasteiger partial charge in [0.15, 0.2) is 0 Å². The van der Waals surface area contributed by atoms with E-state index in [0.29, 0.717) is 0 Å². The van der Waals surface area contributed by atoms with Crippen LogP contribution in [0, 0.1) is 17.8 Å². The van der Waals surface area contributed by atoms with Crippen molar-refractivity contribution in [3.05, 3.63) is 31.5 Å². The summed E-state index contributed by atoms with van der Waals surface area (Å²) < 4.78 is 3.47. The van der Waals surface area contributed by atoms with Crippen LogP contribution in [0.3, 0.4) is 0 Å². The molecule has 1 heterocycles. The molecule has 3 aliphatic rings. The van der Waals surface area contributed by atoms with Gasteiger partial charge < -0.3 is 0 Å². The lowest BCUT2D eigenvalue weighted by atomic mass is 9.80. The van der Waals surface area contributed by atoms with E-state index in [1.165, 1.54) is 0 Å². The average Bonchev–Trinajstić information content (AvgIpc) is 3.04. The van der Waals surface area contributed by atoms with Crippen molar-refractivity contribution in [2.45, 2.75) is 153 Å². The Kier molecular flexibility index (Phi) is 12.4. The maximum Gasteiger partial charge on any atom is 0.337 e. The van der Waals surface area contributed by atoms with Crippen LogP contribution in [-0.4, -0.2) is 50.1 Å². The molecule has 45 heavy (non-hydrogen) atoms. The molecule has 6 atom stereocenters. The summed E-state index contributed by atoms with van der Waals surface area (Å²) in [4.78, 5) is 90.9. The molecule has 6 unspecified atom stereocenters. The molecular formula is C33H48N6O6. The van der Waals surface area contributed by atoms with Crippen molar-refractivity contribution in [1.82, 2.24) is 13.7 Å². The largest absolute Gasteiger partial charge is 0.337 e. The molecule has 0 aliphatic heterocycles. The summed E-state index contributed by atoms with van der Waals surface area (Å²) in [5.74, 6) is -0.395. The molecule has 0 amide bonds. The highest BCUT2D eigenvalue weighted by Gasteiger charge is 2.41. The molecule has 0 N–H and O–H groups in total. The number of aliphatic imine (C=N–C) groups is 3. The minimum Gasteiger partial charge on any atom is -0.247 e.